The number of aliphatic hydroxyl groups is 1. The molecule has 1 aliphatic heterocycles. The first-order chi connectivity index (χ1) is 7.54. The Balaban J connectivity index is 2.50. The van der Waals surface area contributed by atoms with Crippen molar-refractivity contribution in [1.82, 2.24) is 9.44 Å². The molecule has 6 nitrogen and oxygen atoms in total. The normalized spacial score (nSPS) is 20.9. The van der Waals surface area contributed by atoms with E-state index in [4.69, 9.17) is 4.74 Å². The highest BCUT2D eigenvalue weighted by Gasteiger charge is 2.33. The molecule has 3 N–H and O–H groups in total. The predicted octanol–water partition coefficient (Wildman–Crippen LogP) is -0.781. The molecule has 0 amide bonds. The highest BCUT2D eigenvalue weighted by Crippen LogP contribution is 2.29. The summed E-state index contributed by atoms with van der Waals surface area (Å²) in [4.78, 5) is 0. The molecule has 0 aromatic rings. The molecule has 1 fully saturated rings. The van der Waals surface area contributed by atoms with Crippen LogP contribution in [-0.2, 0) is 14.9 Å². The van der Waals surface area contributed by atoms with Crippen molar-refractivity contribution < 1.29 is 18.3 Å². The van der Waals surface area contributed by atoms with Crippen molar-refractivity contribution in [2.75, 3.05) is 32.9 Å². The second-order valence-corrected chi connectivity index (χ2v) is 5.68. The Morgan fingerprint density at radius 1 is 1.31 bits per heavy atom. The molecule has 96 valence electrons. The van der Waals surface area contributed by atoms with Crippen molar-refractivity contribution >= 4 is 10.2 Å². The van der Waals surface area contributed by atoms with E-state index in [1.807, 2.05) is 0 Å². The maximum absolute atomic E-state index is 11.4. The Labute approximate surface area is 96.6 Å². The van der Waals surface area contributed by atoms with E-state index in [1.54, 1.807) is 6.92 Å². The second kappa shape index (κ2) is 5.92. The van der Waals surface area contributed by atoms with Crippen LogP contribution in [0.2, 0.25) is 0 Å². The van der Waals surface area contributed by atoms with E-state index >= 15 is 0 Å². The van der Waals surface area contributed by atoms with Gasteiger partial charge in [0.25, 0.3) is 10.2 Å². The van der Waals surface area contributed by atoms with E-state index in [0.29, 0.717) is 32.6 Å². The topological polar surface area (TPSA) is 87.7 Å². The van der Waals surface area contributed by atoms with Gasteiger partial charge in [-0.3, -0.25) is 0 Å². The zero-order chi connectivity index (χ0) is 12.1. The Morgan fingerprint density at radius 2 is 1.94 bits per heavy atom. The fraction of sp³-hybridized carbons (Fsp3) is 1.00. The van der Waals surface area contributed by atoms with Crippen LogP contribution in [0.4, 0.5) is 0 Å². The molecule has 1 heterocycles. The van der Waals surface area contributed by atoms with Crippen molar-refractivity contribution in [3.63, 3.8) is 0 Å². The van der Waals surface area contributed by atoms with Crippen LogP contribution in [-0.4, -0.2) is 46.4 Å². The number of hydrogen-bond acceptors (Lipinski definition) is 4. The molecular weight excluding hydrogens is 232 g/mol. The van der Waals surface area contributed by atoms with E-state index in [-0.39, 0.29) is 18.6 Å². The summed E-state index contributed by atoms with van der Waals surface area (Å²) in [5, 5.41) is 9.36. The van der Waals surface area contributed by atoms with Crippen molar-refractivity contribution in [3.05, 3.63) is 0 Å². The summed E-state index contributed by atoms with van der Waals surface area (Å²) < 4.78 is 32.8. The van der Waals surface area contributed by atoms with Gasteiger partial charge in [-0.25, -0.2) is 9.44 Å². The molecule has 0 unspecified atom stereocenters. The Morgan fingerprint density at radius 3 is 2.44 bits per heavy atom. The van der Waals surface area contributed by atoms with E-state index in [2.05, 4.69) is 9.44 Å². The minimum Gasteiger partial charge on any atom is -0.396 e. The van der Waals surface area contributed by atoms with Gasteiger partial charge in [0.05, 0.1) is 6.61 Å². The van der Waals surface area contributed by atoms with Crippen LogP contribution in [0.5, 0.6) is 0 Å². The van der Waals surface area contributed by atoms with Crippen molar-refractivity contribution in [2.24, 2.45) is 5.41 Å². The van der Waals surface area contributed by atoms with Gasteiger partial charge in [0, 0.05) is 31.7 Å². The Kier molecular flexibility index (Phi) is 5.13. The monoisotopic (exact) mass is 252 g/mol. The summed E-state index contributed by atoms with van der Waals surface area (Å²) in [6.07, 6.45) is 1.36. The molecule has 0 radical (unpaired) electrons. The van der Waals surface area contributed by atoms with Crippen molar-refractivity contribution in [3.8, 4) is 0 Å². The van der Waals surface area contributed by atoms with Gasteiger partial charge in [-0.2, -0.15) is 8.42 Å². The fourth-order valence-electron chi connectivity index (χ4n) is 1.68. The third kappa shape index (κ3) is 3.99. The first-order valence-electron chi connectivity index (χ1n) is 5.46. The Hall–Kier alpha value is -0.210. The van der Waals surface area contributed by atoms with Crippen LogP contribution >= 0.6 is 0 Å². The molecule has 7 heteroatoms. The molecule has 0 spiro atoms. The molecule has 0 atom stereocenters. The van der Waals surface area contributed by atoms with Gasteiger partial charge in [0.2, 0.25) is 0 Å². The smallest absolute Gasteiger partial charge is 0.276 e. The van der Waals surface area contributed by atoms with Crippen LogP contribution in [0.25, 0.3) is 0 Å². The lowest BCUT2D eigenvalue weighted by atomic mass is 9.81. The molecule has 0 aliphatic carbocycles. The van der Waals surface area contributed by atoms with Gasteiger partial charge < -0.3 is 9.84 Å². The highest BCUT2D eigenvalue weighted by molar-refractivity contribution is 7.87. The van der Waals surface area contributed by atoms with Gasteiger partial charge in [-0.05, 0) is 12.8 Å². The number of aliphatic hydroxyl groups excluding tert-OH is 1. The molecule has 1 aliphatic rings. The van der Waals surface area contributed by atoms with Crippen LogP contribution in [0.15, 0.2) is 0 Å². The molecule has 0 saturated carbocycles. The SMILES string of the molecule is CCNS(=O)(=O)NCC1(CO)CCOCC1. The van der Waals surface area contributed by atoms with E-state index in [0.717, 1.165) is 0 Å². The molecule has 1 saturated heterocycles. The van der Waals surface area contributed by atoms with Gasteiger partial charge in [-0.1, -0.05) is 6.92 Å². The minimum atomic E-state index is -3.43. The maximum atomic E-state index is 11.4. The number of ether oxygens (including phenoxy) is 1. The van der Waals surface area contributed by atoms with Gasteiger partial charge >= 0.3 is 0 Å². The average Bonchev–Trinajstić information content (AvgIpc) is 2.28. The van der Waals surface area contributed by atoms with E-state index in [1.165, 1.54) is 0 Å². The Bertz CT molecular complexity index is 299. The number of hydrogen-bond donors (Lipinski definition) is 3. The maximum Gasteiger partial charge on any atom is 0.276 e. The van der Waals surface area contributed by atoms with Crippen molar-refractivity contribution in [1.29, 1.82) is 0 Å². The zero-order valence-electron chi connectivity index (χ0n) is 9.53. The standard InChI is InChI=1S/C9H20N2O4S/c1-2-10-16(13,14)11-7-9(8-12)3-5-15-6-4-9/h10-12H,2-8H2,1H3. The van der Waals surface area contributed by atoms with Crippen LogP contribution < -0.4 is 9.44 Å². The predicted molar refractivity (Wildman–Crippen MR) is 60.2 cm³/mol. The van der Waals surface area contributed by atoms with E-state index in [9.17, 15) is 13.5 Å². The molecule has 1 rings (SSSR count). The molecule has 0 aromatic carbocycles. The van der Waals surface area contributed by atoms with Gasteiger partial charge in [0.1, 0.15) is 0 Å². The first kappa shape index (κ1) is 13.9. The summed E-state index contributed by atoms with van der Waals surface area (Å²) in [6, 6.07) is 0. The summed E-state index contributed by atoms with van der Waals surface area (Å²) >= 11 is 0. The zero-order valence-corrected chi connectivity index (χ0v) is 10.3. The summed E-state index contributed by atoms with van der Waals surface area (Å²) in [6.45, 7) is 3.44. The largest absolute Gasteiger partial charge is 0.396 e. The van der Waals surface area contributed by atoms with E-state index < -0.39 is 10.2 Å². The molecule has 0 bridgehead atoms. The van der Waals surface area contributed by atoms with Gasteiger partial charge in [0.15, 0.2) is 0 Å². The summed E-state index contributed by atoms with van der Waals surface area (Å²) in [5.74, 6) is 0. The minimum absolute atomic E-state index is 0.0228. The second-order valence-electron chi connectivity index (χ2n) is 4.09. The first-order valence-corrected chi connectivity index (χ1v) is 6.95. The molecule has 0 aromatic heterocycles. The average molecular weight is 252 g/mol. The molecule has 16 heavy (non-hydrogen) atoms. The number of nitrogens with one attached hydrogen (secondary N) is 2. The third-order valence-corrected chi connectivity index (χ3v) is 4.05. The lowest BCUT2D eigenvalue weighted by Crippen LogP contribution is -2.46. The fourth-order valence-corrected chi connectivity index (χ4v) is 2.66. The third-order valence-electron chi connectivity index (χ3n) is 2.86. The lowest BCUT2D eigenvalue weighted by Gasteiger charge is -2.35. The van der Waals surface area contributed by atoms with Crippen molar-refractivity contribution in [2.45, 2.75) is 19.8 Å². The van der Waals surface area contributed by atoms with Crippen LogP contribution in [0, 0.1) is 5.41 Å². The summed E-state index contributed by atoms with van der Waals surface area (Å²) in [7, 11) is -3.43. The van der Waals surface area contributed by atoms with Crippen LogP contribution in [0.3, 0.4) is 0 Å². The lowest BCUT2D eigenvalue weighted by molar-refractivity contribution is -0.0127. The quantitative estimate of drug-likeness (QED) is 0.578. The van der Waals surface area contributed by atoms with Gasteiger partial charge in [-0.15, -0.1) is 0 Å². The highest BCUT2D eigenvalue weighted by atomic mass is 32.2. The van der Waals surface area contributed by atoms with Crippen LogP contribution in [0.1, 0.15) is 19.8 Å². The summed E-state index contributed by atoms with van der Waals surface area (Å²) in [5.41, 5.74) is -0.374. The molecular formula is C9H20N2O4S. The number of rotatable bonds is 6.